The molecule has 1 saturated heterocycles. The zero-order valence-electron chi connectivity index (χ0n) is 16.1. The minimum absolute atomic E-state index is 0.0104. The van der Waals surface area contributed by atoms with Gasteiger partial charge in [-0.05, 0) is 71.7 Å². The summed E-state index contributed by atoms with van der Waals surface area (Å²) in [6.45, 7) is 7.18. The molecule has 0 radical (unpaired) electrons. The first-order valence-electron chi connectivity index (χ1n) is 9.31. The van der Waals surface area contributed by atoms with E-state index in [2.05, 4.69) is 31.0 Å². The van der Waals surface area contributed by atoms with Crippen LogP contribution in [0.15, 0.2) is 46.9 Å². The largest absolute Gasteiger partial charge is 0.369 e. The van der Waals surface area contributed by atoms with E-state index in [4.69, 9.17) is 5.73 Å². The normalized spacial score (nSPS) is 15.9. The molecule has 28 heavy (non-hydrogen) atoms. The number of primary amides is 1. The van der Waals surface area contributed by atoms with Gasteiger partial charge in [-0.25, -0.2) is 0 Å². The highest BCUT2D eigenvalue weighted by Crippen LogP contribution is 2.24. The zero-order valence-corrected chi connectivity index (χ0v) is 17.7. The van der Waals surface area contributed by atoms with Gasteiger partial charge >= 0.3 is 0 Å². The molecule has 0 saturated carbocycles. The Labute approximate surface area is 173 Å². The lowest BCUT2D eigenvalue weighted by molar-refractivity contribution is -0.120. The van der Waals surface area contributed by atoms with E-state index in [1.54, 1.807) is 12.1 Å². The smallest absolute Gasteiger partial charge is 0.248 e. The second kappa shape index (κ2) is 8.75. The van der Waals surface area contributed by atoms with Gasteiger partial charge in [0.25, 0.3) is 0 Å². The number of hydrogen-bond acceptors (Lipinski definition) is 4. The Morgan fingerprint density at radius 1 is 1.07 bits per heavy atom. The average molecular weight is 445 g/mol. The number of nitrogens with two attached hydrogens (primary N) is 1. The molecule has 0 spiro atoms. The highest BCUT2D eigenvalue weighted by atomic mass is 79.9. The van der Waals surface area contributed by atoms with Crippen LogP contribution >= 0.6 is 15.9 Å². The number of nitrogens with zero attached hydrogens (tertiary/aromatic N) is 2. The van der Waals surface area contributed by atoms with Crippen molar-refractivity contribution in [2.75, 3.05) is 36.4 Å². The fourth-order valence-corrected chi connectivity index (χ4v) is 3.92. The summed E-state index contributed by atoms with van der Waals surface area (Å²) in [7, 11) is 0. The molecule has 1 atom stereocenters. The van der Waals surface area contributed by atoms with E-state index in [0.29, 0.717) is 5.56 Å². The summed E-state index contributed by atoms with van der Waals surface area (Å²) in [5, 5.41) is 3.01. The number of carbonyl (C=O) groups is 2. The highest BCUT2D eigenvalue weighted by molar-refractivity contribution is 9.10. The minimum Gasteiger partial charge on any atom is -0.369 e. The lowest BCUT2D eigenvalue weighted by atomic mass is 10.1. The van der Waals surface area contributed by atoms with Crippen LogP contribution in [0.25, 0.3) is 0 Å². The van der Waals surface area contributed by atoms with Crippen LogP contribution in [0.1, 0.15) is 22.8 Å². The Hall–Kier alpha value is -2.38. The number of benzene rings is 2. The number of amides is 2. The molecule has 2 aromatic rings. The summed E-state index contributed by atoms with van der Waals surface area (Å²) in [5.74, 6) is -0.430. The van der Waals surface area contributed by atoms with E-state index in [0.717, 1.165) is 47.6 Å². The van der Waals surface area contributed by atoms with E-state index in [1.807, 2.05) is 44.2 Å². The lowest BCUT2D eigenvalue weighted by Gasteiger charge is -2.38. The third kappa shape index (κ3) is 4.72. The molecule has 1 fully saturated rings. The number of hydrogen-bond donors (Lipinski definition) is 2. The number of carbonyl (C=O) groups excluding carboxylic acids is 2. The number of anilines is 2. The molecule has 2 aromatic carbocycles. The van der Waals surface area contributed by atoms with Crippen molar-refractivity contribution in [2.45, 2.75) is 19.9 Å². The molecule has 3 N–H and O–H groups in total. The van der Waals surface area contributed by atoms with Crippen molar-refractivity contribution in [2.24, 2.45) is 5.73 Å². The molecule has 1 aliphatic rings. The molecule has 1 unspecified atom stereocenters. The van der Waals surface area contributed by atoms with Crippen molar-refractivity contribution in [3.05, 3.63) is 58.1 Å². The first kappa shape index (κ1) is 20.4. The average Bonchev–Trinajstić information content (AvgIpc) is 2.69. The van der Waals surface area contributed by atoms with Crippen LogP contribution in [0.2, 0.25) is 0 Å². The van der Waals surface area contributed by atoms with Gasteiger partial charge in [-0.3, -0.25) is 14.5 Å². The van der Waals surface area contributed by atoms with Gasteiger partial charge < -0.3 is 16.0 Å². The Bertz CT molecular complexity index is 861. The van der Waals surface area contributed by atoms with Crippen molar-refractivity contribution in [1.29, 1.82) is 0 Å². The third-order valence-corrected chi connectivity index (χ3v) is 5.80. The Kier molecular flexibility index (Phi) is 6.36. The Morgan fingerprint density at radius 3 is 2.29 bits per heavy atom. The summed E-state index contributed by atoms with van der Waals surface area (Å²) >= 11 is 3.50. The first-order valence-corrected chi connectivity index (χ1v) is 10.1. The maximum Gasteiger partial charge on any atom is 0.248 e. The number of rotatable bonds is 5. The predicted octanol–water partition coefficient (Wildman–Crippen LogP) is 3.01. The van der Waals surface area contributed by atoms with Gasteiger partial charge in [-0.2, -0.15) is 0 Å². The molecule has 0 aromatic heterocycles. The highest BCUT2D eigenvalue weighted by Gasteiger charge is 2.26. The molecular formula is C21H25BrN4O2. The number of halogens is 1. The van der Waals surface area contributed by atoms with E-state index >= 15 is 0 Å². The molecule has 148 valence electrons. The molecule has 0 bridgehead atoms. The van der Waals surface area contributed by atoms with E-state index in [1.165, 1.54) is 0 Å². The molecule has 2 amide bonds. The van der Waals surface area contributed by atoms with E-state index < -0.39 is 5.91 Å². The van der Waals surface area contributed by atoms with Crippen molar-refractivity contribution < 1.29 is 9.59 Å². The number of nitrogens with one attached hydrogen (secondary N) is 1. The number of piperazine rings is 1. The Morgan fingerprint density at radius 2 is 1.71 bits per heavy atom. The monoisotopic (exact) mass is 444 g/mol. The van der Waals surface area contributed by atoms with Gasteiger partial charge in [0.05, 0.1) is 11.7 Å². The first-order chi connectivity index (χ1) is 13.3. The van der Waals surface area contributed by atoms with Gasteiger partial charge in [0, 0.05) is 41.9 Å². The summed E-state index contributed by atoms with van der Waals surface area (Å²) in [5.41, 5.74) is 8.79. The fourth-order valence-electron chi connectivity index (χ4n) is 3.33. The van der Waals surface area contributed by atoms with Crippen LogP contribution in [-0.2, 0) is 4.79 Å². The minimum atomic E-state index is -0.420. The zero-order chi connectivity index (χ0) is 20.3. The summed E-state index contributed by atoms with van der Waals surface area (Å²) < 4.78 is 0.886. The quantitative estimate of drug-likeness (QED) is 0.742. The summed E-state index contributed by atoms with van der Waals surface area (Å²) in [4.78, 5) is 28.3. The van der Waals surface area contributed by atoms with Crippen LogP contribution in [0.5, 0.6) is 0 Å². The summed E-state index contributed by atoms with van der Waals surface area (Å²) in [6.07, 6.45) is 0. The van der Waals surface area contributed by atoms with E-state index in [-0.39, 0.29) is 11.9 Å². The molecule has 1 heterocycles. The van der Waals surface area contributed by atoms with Gasteiger partial charge in [0.1, 0.15) is 0 Å². The summed E-state index contributed by atoms with van der Waals surface area (Å²) in [6, 6.07) is 13.0. The van der Waals surface area contributed by atoms with Crippen molar-refractivity contribution in [1.82, 2.24) is 4.90 Å². The maximum atomic E-state index is 12.7. The lowest BCUT2D eigenvalue weighted by Crippen LogP contribution is -2.52. The second-order valence-electron chi connectivity index (χ2n) is 7.08. The molecule has 3 rings (SSSR count). The molecular weight excluding hydrogens is 420 g/mol. The van der Waals surface area contributed by atoms with Crippen LogP contribution < -0.4 is 16.0 Å². The van der Waals surface area contributed by atoms with Gasteiger partial charge in [0.2, 0.25) is 11.8 Å². The van der Waals surface area contributed by atoms with Gasteiger partial charge in [-0.15, -0.1) is 0 Å². The Balaban J connectivity index is 1.56. The predicted molar refractivity (Wildman–Crippen MR) is 116 cm³/mol. The van der Waals surface area contributed by atoms with E-state index in [9.17, 15) is 9.59 Å². The van der Waals surface area contributed by atoms with Crippen molar-refractivity contribution in [3.63, 3.8) is 0 Å². The van der Waals surface area contributed by atoms with Crippen molar-refractivity contribution in [3.8, 4) is 0 Å². The molecule has 6 nitrogen and oxygen atoms in total. The van der Waals surface area contributed by atoms with Crippen LogP contribution in [-0.4, -0.2) is 48.9 Å². The molecule has 0 aliphatic carbocycles. The van der Waals surface area contributed by atoms with Gasteiger partial charge in [-0.1, -0.05) is 6.07 Å². The standard InChI is InChI=1S/C21H25BrN4O2/c1-14-3-8-19(18(22)13-14)24-21(28)15(2)25-9-11-26(12-10-25)17-6-4-16(5-7-17)20(23)27/h3-8,13,15H,9-12H2,1-2H3,(H2,23,27)(H,24,28). The van der Waals surface area contributed by atoms with Crippen LogP contribution in [0.4, 0.5) is 11.4 Å². The second-order valence-corrected chi connectivity index (χ2v) is 7.94. The topological polar surface area (TPSA) is 78.7 Å². The molecule has 7 heteroatoms. The van der Waals surface area contributed by atoms with Gasteiger partial charge in [0.15, 0.2) is 0 Å². The SMILES string of the molecule is Cc1ccc(NC(=O)C(C)N2CCN(c3ccc(C(N)=O)cc3)CC2)c(Br)c1. The van der Waals surface area contributed by atoms with Crippen LogP contribution in [0, 0.1) is 6.92 Å². The van der Waals surface area contributed by atoms with Crippen molar-refractivity contribution >= 4 is 39.1 Å². The third-order valence-electron chi connectivity index (χ3n) is 5.14. The fraction of sp³-hybridized carbons (Fsp3) is 0.333. The molecule has 1 aliphatic heterocycles. The number of aryl methyl sites for hydroxylation is 1. The van der Waals surface area contributed by atoms with Crippen LogP contribution in [0.3, 0.4) is 0 Å². The maximum absolute atomic E-state index is 12.7.